The van der Waals surface area contributed by atoms with E-state index < -0.39 is 18.0 Å². The van der Waals surface area contributed by atoms with Crippen molar-refractivity contribution in [2.75, 3.05) is 18.0 Å². The summed E-state index contributed by atoms with van der Waals surface area (Å²) in [7, 11) is 0. The van der Waals surface area contributed by atoms with E-state index in [9.17, 15) is 14.0 Å². The topological polar surface area (TPSA) is 71.5 Å². The van der Waals surface area contributed by atoms with E-state index in [1.165, 1.54) is 17.9 Å². The molecular weight excluding hydrogens is 449 g/mol. The van der Waals surface area contributed by atoms with Gasteiger partial charge in [-0.2, -0.15) is 0 Å². The van der Waals surface area contributed by atoms with Gasteiger partial charge in [-0.05, 0) is 36.2 Å². The summed E-state index contributed by atoms with van der Waals surface area (Å²) in [6.45, 7) is 3.86. The van der Waals surface area contributed by atoms with E-state index in [0.717, 1.165) is 26.9 Å². The van der Waals surface area contributed by atoms with Crippen LogP contribution in [0, 0.1) is 12.7 Å². The molecule has 1 aliphatic rings. The molecule has 1 aliphatic heterocycles. The molecular formula is C23H22FN3O3S2. The van der Waals surface area contributed by atoms with E-state index in [1.54, 1.807) is 35.2 Å². The van der Waals surface area contributed by atoms with E-state index in [1.807, 2.05) is 36.6 Å². The Morgan fingerprint density at radius 3 is 2.75 bits per heavy atom. The number of carbonyl (C=O) groups is 2. The van der Waals surface area contributed by atoms with Crippen LogP contribution in [0.5, 0.6) is 0 Å². The number of amides is 2. The summed E-state index contributed by atoms with van der Waals surface area (Å²) < 4.78 is 21.2. The first-order valence-electron chi connectivity index (χ1n) is 10.1. The largest absolute Gasteiger partial charge is 0.442 e. The van der Waals surface area contributed by atoms with Crippen LogP contribution in [0.25, 0.3) is 11.1 Å². The number of halogens is 1. The molecule has 1 atom stereocenters. The lowest BCUT2D eigenvalue weighted by Crippen LogP contribution is -2.33. The van der Waals surface area contributed by atoms with Gasteiger partial charge in [-0.15, -0.1) is 11.3 Å². The zero-order valence-electron chi connectivity index (χ0n) is 17.6. The molecule has 4 rings (SSSR count). The van der Waals surface area contributed by atoms with Crippen LogP contribution in [0.4, 0.5) is 14.9 Å². The SMILES string of the molecule is CC(=O)NCC1CN(c2ccc(-c3ccc(CSc4nc(C)cs4)cc3)c(F)c2)C(=O)O1. The fraction of sp³-hybridized carbons (Fsp3) is 0.261. The van der Waals surface area contributed by atoms with E-state index in [0.29, 0.717) is 11.3 Å². The normalized spacial score (nSPS) is 15.7. The van der Waals surface area contributed by atoms with Crippen molar-refractivity contribution in [1.82, 2.24) is 10.3 Å². The minimum Gasteiger partial charge on any atom is -0.442 e. The van der Waals surface area contributed by atoms with Crippen LogP contribution in [0.2, 0.25) is 0 Å². The number of aromatic nitrogens is 1. The number of carbonyl (C=O) groups excluding carboxylic acids is 2. The molecule has 9 heteroatoms. The number of aryl methyl sites for hydroxylation is 1. The number of rotatable bonds is 7. The van der Waals surface area contributed by atoms with Crippen LogP contribution >= 0.6 is 23.1 Å². The van der Waals surface area contributed by atoms with Crippen LogP contribution in [0.15, 0.2) is 52.2 Å². The Kier molecular flexibility index (Phi) is 6.76. The monoisotopic (exact) mass is 471 g/mol. The molecule has 3 aromatic rings. The van der Waals surface area contributed by atoms with Crippen LogP contribution in [0.3, 0.4) is 0 Å². The van der Waals surface area contributed by atoms with Gasteiger partial charge in [-0.25, -0.2) is 14.2 Å². The van der Waals surface area contributed by atoms with Crippen LogP contribution in [-0.4, -0.2) is 36.2 Å². The third-order valence-corrected chi connectivity index (χ3v) is 7.15. The maximum atomic E-state index is 14.9. The molecule has 2 aromatic carbocycles. The Hall–Kier alpha value is -2.91. The average molecular weight is 472 g/mol. The van der Waals surface area contributed by atoms with Gasteiger partial charge in [0.05, 0.1) is 18.8 Å². The second kappa shape index (κ2) is 9.70. The predicted octanol–water partition coefficient (Wildman–Crippen LogP) is 5.01. The quantitative estimate of drug-likeness (QED) is 0.491. The highest BCUT2D eigenvalue weighted by molar-refractivity contribution is 8.00. The highest BCUT2D eigenvalue weighted by atomic mass is 32.2. The summed E-state index contributed by atoms with van der Waals surface area (Å²) in [4.78, 5) is 29.0. The Bertz CT molecular complexity index is 1130. The van der Waals surface area contributed by atoms with Gasteiger partial charge in [0.2, 0.25) is 5.91 Å². The van der Waals surface area contributed by atoms with Gasteiger partial charge in [0.1, 0.15) is 16.3 Å². The second-order valence-corrected chi connectivity index (χ2v) is 9.54. The molecule has 0 spiro atoms. The number of nitrogens with zero attached hydrogens (tertiary/aromatic N) is 2. The fourth-order valence-corrected chi connectivity index (χ4v) is 5.13. The maximum absolute atomic E-state index is 14.9. The molecule has 1 aromatic heterocycles. The molecule has 166 valence electrons. The van der Waals surface area contributed by atoms with E-state index in [4.69, 9.17) is 4.74 Å². The van der Waals surface area contributed by atoms with Crippen molar-refractivity contribution in [3.05, 3.63) is 64.9 Å². The third kappa shape index (κ3) is 5.28. The van der Waals surface area contributed by atoms with Crippen LogP contribution < -0.4 is 10.2 Å². The van der Waals surface area contributed by atoms with Gasteiger partial charge in [0, 0.05) is 29.3 Å². The minimum absolute atomic E-state index is 0.196. The van der Waals surface area contributed by atoms with Crippen molar-refractivity contribution in [3.63, 3.8) is 0 Å². The molecule has 6 nitrogen and oxygen atoms in total. The molecule has 2 amide bonds. The Labute approximate surface area is 193 Å². The molecule has 2 heterocycles. The smallest absolute Gasteiger partial charge is 0.414 e. The van der Waals surface area contributed by atoms with Crippen molar-refractivity contribution < 1.29 is 18.7 Å². The molecule has 0 aliphatic carbocycles. The minimum atomic E-state index is -0.551. The maximum Gasteiger partial charge on any atom is 0.414 e. The highest BCUT2D eigenvalue weighted by Crippen LogP contribution is 2.31. The molecule has 0 radical (unpaired) electrons. The lowest BCUT2D eigenvalue weighted by molar-refractivity contribution is -0.119. The van der Waals surface area contributed by atoms with Gasteiger partial charge in [0.25, 0.3) is 0 Å². The van der Waals surface area contributed by atoms with Crippen molar-refractivity contribution in [3.8, 4) is 11.1 Å². The number of cyclic esters (lactones) is 1. The van der Waals surface area contributed by atoms with Crippen molar-refractivity contribution in [2.24, 2.45) is 0 Å². The van der Waals surface area contributed by atoms with Gasteiger partial charge in [0.15, 0.2) is 0 Å². The Morgan fingerprint density at radius 1 is 1.31 bits per heavy atom. The molecule has 1 unspecified atom stereocenters. The second-order valence-electron chi connectivity index (χ2n) is 7.46. The van der Waals surface area contributed by atoms with Crippen molar-refractivity contribution in [2.45, 2.75) is 30.0 Å². The number of anilines is 1. The predicted molar refractivity (Wildman–Crippen MR) is 125 cm³/mol. The summed E-state index contributed by atoms with van der Waals surface area (Å²) in [6.07, 6.45) is -1.02. The average Bonchev–Trinajstić information content (AvgIpc) is 3.36. The number of benzene rings is 2. The highest BCUT2D eigenvalue weighted by Gasteiger charge is 2.32. The van der Waals surface area contributed by atoms with Gasteiger partial charge < -0.3 is 10.1 Å². The van der Waals surface area contributed by atoms with E-state index in [2.05, 4.69) is 10.3 Å². The van der Waals surface area contributed by atoms with Crippen molar-refractivity contribution in [1.29, 1.82) is 0 Å². The summed E-state index contributed by atoms with van der Waals surface area (Å²) in [5.74, 6) is 0.185. The Morgan fingerprint density at radius 2 is 2.09 bits per heavy atom. The van der Waals surface area contributed by atoms with Gasteiger partial charge in [-0.1, -0.05) is 36.0 Å². The van der Waals surface area contributed by atoms with Crippen molar-refractivity contribution >= 4 is 40.8 Å². The number of thioether (sulfide) groups is 1. The lowest BCUT2D eigenvalue weighted by atomic mass is 10.0. The summed E-state index contributed by atoms with van der Waals surface area (Å²) in [6, 6.07) is 12.5. The first-order chi connectivity index (χ1) is 15.4. The third-order valence-electron chi connectivity index (χ3n) is 4.94. The zero-order chi connectivity index (χ0) is 22.7. The fourth-order valence-electron chi connectivity index (χ4n) is 3.33. The van der Waals surface area contributed by atoms with E-state index in [-0.39, 0.29) is 19.0 Å². The Balaban J connectivity index is 1.41. The number of hydrogen-bond acceptors (Lipinski definition) is 6. The first kappa shape index (κ1) is 22.3. The van der Waals surface area contributed by atoms with Crippen LogP contribution in [-0.2, 0) is 15.3 Å². The van der Waals surface area contributed by atoms with Crippen LogP contribution in [0.1, 0.15) is 18.2 Å². The van der Waals surface area contributed by atoms with Gasteiger partial charge in [-0.3, -0.25) is 9.69 Å². The number of hydrogen-bond donors (Lipinski definition) is 1. The number of ether oxygens (including phenoxy) is 1. The standard InChI is InChI=1S/C23H22FN3O3S2/c1-14-12-31-22(26-14)32-13-16-3-5-17(6-4-16)20-8-7-18(9-21(20)24)27-11-19(30-23(27)29)10-25-15(2)28/h3-9,12,19H,10-11,13H2,1-2H3,(H,25,28). The van der Waals surface area contributed by atoms with Gasteiger partial charge >= 0.3 is 6.09 Å². The number of thiazole rings is 1. The molecule has 1 N–H and O–H groups in total. The summed E-state index contributed by atoms with van der Waals surface area (Å²) in [5.41, 5.74) is 3.81. The zero-order valence-corrected chi connectivity index (χ0v) is 19.3. The molecule has 0 bridgehead atoms. The first-order valence-corrected chi connectivity index (χ1v) is 11.9. The molecule has 0 saturated carbocycles. The summed E-state index contributed by atoms with van der Waals surface area (Å²) >= 11 is 3.31. The van der Waals surface area contributed by atoms with E-state index >= 15 is 0 Å². The summed E-state index contributed by atoms with van der Waals surface area (Å²) in [5, 5.41) is 4.66. The lowest BCUT2D eigenvalue weighted by Gasteiger charge is -2.14. The molecule has 32 heavy (non-hydrogen) atoms. The number of nitrogens with one attached hydrogen (secondary N) is 1. The molecule has 1 saturated heterocycles. The molecule has 1 fully saturated rings.